The number of benzene rings is 3. The highest BCUT2D eigenvalue weighted by molar-refractivity contribution is 7.92. The summed E-state index contributed by atoms with van der Waals surface area (Å²) in [7, 11) is -3.56. The number of hydrogen-bond acceptors (Lipinski definition) is 6. The number of carbonyl (C=O) groups is 1. The van der Waals surface area contributed by atoms with Gasteiger partial charge in [-0.3, -0.25) is 9.10 Å². The minimum absolute atomic E-state index is 0.135. The number of ether oxygens (including phenoxy) is 3. The highest BCUT2D eigenvalue weighted by Crippen LogP contribution is 2.35. The van der Waals surface area contributed by atoms with Gasteiger partial charge in [-0.25, -0.2) is 8.42 Å². The van der Waals surface area contributed by atoms with Gasteiger partial charge in [0.25, 0.3) is 0 Å². The number of amides is 1. The first-order valence-electron chi connectivity index (χ1n) is 10.9. The van der Waals surface area contributed by atoms with Gasteiger partial charge in [-0.05, 0) is 42.8 Å². The Balaban J connectivity index is 1.38. The van der Waals surface area contributed by atoms with Crippen LogP contribution in [0.5, 0.6) is 23.0 Å². The second-order valence-corrected chi connectivity index (χ2v) is 9.63. The predicted octanol–water partition coefficient (Wildman–Crippen LogP) is 4.44. The quantitative estimate of drug-likeness (QED) is 0.485. The van der Waals surface area contributed by atoms with Crippen molar-refractivity contribution < 1.29 is 27.4 Å². The lowest BCUT2D eigenvalue weighted by Crippen LogP contribution is -2.31. The van der Waals surface area contributed by atoms with Gasteiger partial charge in [-0.15, -0.1) is 0 Å². The molecule has 0 aromatic heterocycles. The number of para-hydroxylation sites is 3. The van der Waals surface area contributed by atoms with Gasteiger partial charge in [-0.2, -0.15) is 0 Å². The van der Waals surface area contributed by atoms with E-state index in [9.17, 15) is 13.2 Å². The smallest absolute Gasteiger partial charge is 0.232 e. The summed E-state index contributed by atoms with van der Waals surface area (Å²) in [4.78, 5) is 12.6. The molecule has 3 aromatic carbocycles. The normalized spacial score (nSPS) is 12.6. The lowest BCUT2D eigenvalue weighted by atomic mass is 10.2. The van der Waals surface area contributed by atoms with Gasteiger partial charge >= 0.3 is 0 Å². The fraction of sp³-hybridized carbons (Fsp3) is 0.240. The van der Waals surface area contributed by atoms with Crippen molar-refractivity contribution in [1.29, 1.82) is 0 Å². The number of fused-ring (bicyclic) bond motifs is 1. The van der Waals surface area contributed by atoms with Gasteiger partial charge in [0.2, 0.25) is 15.9 Å². The maximum absolute atomic E-state index is 12.6. The second kappa shape index (κ2) is 10.5. The molecule has 1 aliphatic heterocycles. The van der Waals surface area contributed by atoms with Crippen molar-refractivity contribution in [3.63, 3.8) is 0 Å². The minimum Gasteiger partial charge on any atom is -0.486 e. The van der Waals surface area contributed by atoms with E-state index in [-0.39, 0.29) is 18.9 Å². The SMILES string of the molecule is CS(=O)(=O)N(CCCC(=O)Nc1ccccc1Oc1ccccc1)c1ccc2c(c1)OCCO2. The van der Waals surface area contributed by atoms with Crippen molar-refractivity contribution in [2.45, 2.75) is 12.8 Å². The Morgan fingerprint density at radius 1 is 0.971 bits per heavy atom. The van der Waals surface area contributed by atoms with Gasteiger partial charge in [0, 0.05) is 19.0 Å². The number of rotatable bonds is 9. The molecule has 34 heavy (non-hydrogen) atoms. The van der Waals surface area contributed by atoms with Crippen LogP contribution in [0.15, 0.2) is 72.8 Å². The van der Waals surface area contributed by atoms with Crippen molar-refractivity contribution in [2.75, 3.05) is 35.6 Å². The van der Waals surface area contributed by atoms with Crippen LogP contribution in [0.3, 0.4) is 0 Å². The van der Waals surface area contributed by atoms with E-state index in [0.29, 0.717) is 54.0 Å². The van der Waals surface area contributed by atoms with Crippen LogP contribution in [0.1, 0.15) is 12.8 Å². The van der Waals surface area contributed by atoms with Crippen molar-refractivity contribution in [2.24, 2.45) is 0 Å². The van der Waals surface area contributed by atoms with Gasteiger partial charge < -0.3 is 19.5 Å². The molecule has 1 heterocycles. The maximum atomic E-state index is 12.6. The Morgan fingerprint density at radius 3 is 2.44 bits per heavy atom. The van der Waals surface area contributed by atoms with Gasteiger partial charge in [0.15, 0.2) is 17.2 Å². The van der Waals surface area contributed by atoms with Gasteiger partial charge in [-0.1, -0.05) is 30.3 Å². The third kappa shape index (κ3) is 5.99. The first-order chi connectivity index (χ1) is 16.4. The van der Waals surface area contributed by atoms with E-state index in [4.69, 9.17) is 14.2 Å². The largest absolute Gasteiger partial charge is 0.486 e. The Hall–Kier alpha value is -3.72. The molecule has 1 aliphatic rings. The first-order valence-corrected chi connectivity index (χ1v) is 12.7. The zero-order valence-electron chi connectivity index (χ0n) is 18.8. The van der Waals surface area contributed by atoms with E-state index >= 15 is 0 Å². The standard InChI is InChI=1S/C25H26N2O6S/c1-34(29,30)27(19-13-14-23-24(18-19)32-17-16-31-23)15-7-12-25(28)26-21-10-5-6-11-22(21)33-20-8-3-2-4-9-20/h2-6,8-11,13-14,18H,7,12,15-17H2,1H3,(H,26,28). The molecule has 0 atom stereocenters. The van der Waals surface area contributed by atoms with Crippen molar-refractivity contribution in [3.8, 4) is 23.0 Å². The number of nitrogens with zero attached hydrogens (tertiary/aromatic N) is 1. The second-order valence-electron chi connectivity index (χ2n) is 7.73. The predicted molar refractivity (Wildman–Crippen MR) is 130 cm³/mol. The van der Waals surface area contributed by atoms with E-state index in [0.717, 1.165) is 6.26 Å². The average Bonchev–Trinajstić information content (AvgIpc) is 2.83. The van der Waals surface area contributed by atoms with Gasteiger partial charge in [0.05, 0.1) is 17.6 Å². The Morgan fingerprint density at radius 2 is 1.68 bits per heavy atom. The number of sulfonamides is 1. The Labute approximate surface area is 199 Å². The van der Waals surface area contributed by atoms with Crippen LogP contribution < -0.4 is 23.8 Å². The summed E-state index contributed by atoms with van der Waals surface area (Å²) in [5.41, 5.74) is 1.01. The van der Waals surface area contributed by atoms with Crippen LogP contribution in [0.4, 0.5) is 11.4 Å². The minimum atomic E-state index is -3.56. The lowest BCUT2D eigenvalue weighted by Gasteiger charge is -2.25. The summed E-state index contributed by atoms with van der Waals surface area (Å²) < 4.78 is 43.1. The topological polar surface area (TPSA) is 94.2 Å². The number of hydrogen-bond donors (Lipinski definition) is 1. The third-order valence-corrected chi connectivity index (χ3v) is 6.31. The Kier molecular flexibility index (Phi) is 7.22. The van der Waals surface area contributed by atoms with Crippen molar-refractivity contribution >= 4 is 27.3 Å². The highest BCUT2D eigenvalue weighted by Gasteiger charge is 2.21. The molecule has 1 amide bonds. The van der Waals surface area contributed by atoms with Crippen LogP contribution >= 0.6 is 0 Å². The average molecular weight is 483 g/mol. The molecule has 8 nitrogen and oxygen atoms in total. The van der Waals surface area contributed by atoms with Crippen LogP contribution in [-0.4, -0.2) is 40.3 Å². The molecule has 0 saturated carbocycles. The highest BCUT2D eigenvalue weighted by atomic mass is 32.2. The summed E-state index contributed by atoms with van der Waals surface area (Å²) in [6.07, 6.45) is 1.60. The summed E-state index contributed by atoms with van der Waals surface area (Å²) in [5, 5.41) is 2.86. The molecule has 0 bridgehead atoms. The molecule has 0 aliphatic carbocycles. The van der Waals surface area contributed by atoms with Crippen molar-refractivity contribution in [1.82, 2.24) is 0 Å². The molecule has 0 unspecified atom stereocenters. The Bertz CT molecular complexity index is 1250. The van der Waals surface area contributed by atoms with E-state index in [1.807, 2.05) is 36.4 Å². The number of anilines is 2. The molecular formula is C25H26N2O6S. The monoisotopic (exact) mass is 482 g/mol. The zero-order chi connectivity index (χ0) is 24.0. The van der Waals surface area contributed by atoms with E-state index in [1.54, 1.807) is 36.4 Å². The molecule has 3 aromatic rings. The molecule has 4 rings (SSSR count). The number of carbonyl (C=O) groups excluding carboxylic acids is 1. The molecule has 178 valence electrons. The van der Waals surface area contributed by atoms with E-state index < -0.39 is 10.0 Å². The van der Waals surface area contributed by atoms with Crippen LogP contribution in [0.2, 0.25) is 0 Å². The summed E-state index contributed by atoms with van der Waals surface area (Å²) in [5.74, 6) is 2.03. The van der Waals surface area contributed by atoms with E-state index in [2.05, 4.69) is 5.32 Å². The summed E-state index contributed by atoms with van der Waals surface area (Å²) in [6.45, 7) is 1.01. The molecule has 9 heteroatoms. The van der Waals surface area contributed by atoms with Crippen molar-refractivity contribution in [3.05, 3.63) is 72.8 Å². The fourth-order valence-corrected chi connectivity index (χ4v) is 4.50. The fourth-order valence-electron chi connectivity index (χ4n) is 3.54. The molecule has 1 N–H and O–H groups in total. The maximum Gasteiger partial charge on any atom is 0.232 e. The molecule has 0 fully saturated rings. The van der Waals surface area contributed by atoms with Crippen LogP contribution in [-0.2, 0) is 14.8 Å². The first kappa shape index (κ1) is 23.4. The lowest BCUT2D eigenvalue weighted by molar-refractivity contribution is -0.116. The van der Waals surface area contributed by atoms with Crippen LogP contribution in [0, 0.1) is 0 Å². The van der Waals surface area contributed by atoms with Crippen LogP contribution in [0.25, 0.3) is 0 Å². The molecule has 0 saturated heterocycles. The number of nitrogens with one attached hydrogen (secondary N) is 1. The zero-order valence-corrected chi connectivity index (χ0v) is 19.6. The van der Waals surface area contributed by atoms with E-state index in [1.165, 1.54) is 4.31 Å². The van der Waals surface area contributed by atoms with Gasteiger partial charge in [0.1, 0.15) is 19.0 Å². The summed E-state index contributed by atoms with van der Waals surface area (Å²) in [6, 6.07) is 21.5. The molecular weight excluding hydrogens is 456 g/mol. The third-order valence-electron chi connectivity index (χ3n) is 5.11. The summed E-state index contributed by atoms with van der Waals surface area (Å²) >= 11 is 0. The molecule has 0 radical (unpaired) electrons. The molecule has 0 spiro atoms.